The Hall–Kier alpha value is -2.55. The van der Waals surface area contributed by atoms with Gasteiger partial charge in [-0.1, -0.05) is 12.8 Å². The molecule has 0 aromatic heterocycles. The molecule has 1 aromatic rings. The van der Waals surface area contributed by atoms with Crippen LogP contribution in [0, 0.1) is 17.6 Å². The first-order valence-electron chi connectivity index (χ1n) is 11.9. The van der Waals surface area contributed by atoms with E-state index in [2.05, 4.69) is 4.90 Å². The molecule has 2 aliphatic heterocycles. The topological polar surface area (TPSA) is 64.2 Å². The molecule has 1 atom stereocenters. The molecule has 3 amide bonds. The summed E-state index contributed by atoms with van der Waals surface area (Å²) < 4.78 is 27.3. The summed E-state index contributed by atoms with van der Waals surface area (Å²) in [4.78, 5) is 45.4. The first-order chi connectivity index (χ1) is 15.8. The standard InChI is InChI=1S/C24H32F2N4O3/c1-17(31)27-8-12-30(13-9-27)24(33)22(18-4-2-3-5-18)28-10-14-29(15-11-28)23(32)20-7-6-19(25)16-21(20)26/h6-7,16,18,22H,2-5,8-15H2,1H3. The largest absolute Gasteiger partial charge is 0.339 e. The summed E-state index contributed by atoms with van der Waals surface area (Å²) >= 11 is 0. The zero-order chi connectivity index (χ0) is 23.5. The van der Waals surface area contributed by atoms with Crippen LogP contribution in [0.5, 0.6) is 0 Å². The summed E-state index contributed by atoms with van der Waals surface area (Å²) in [5.41, 5.74) is -0.128. The second-order valence-corrected chi connectivity index (χ2v) is 9.27. The van der Waals surface area contributed by atoms with E-state index in [-0.39, 0.29) is 23.4 Å². The molecule has 1 saturated carbocycles. The number of carbonyl (C=O) groups is 3. The van der Waals surface area contributed by atoms with E-state index in [1.54, 1.807) is 16.7 Å². The van der Waals surface area contributed by atoms with Gasteiger partial charge in [0.15, 0.2) is 0 Å². The van der Waals surface area contributed by atoms with Gasteiger partial charge in [0.1, 0.15) is 11.6 Å². The number of benzene rings is 1. The number of carbonyl (C=O) groups excluding carboxylic acids is 3. The van der Waals surface area contributed by atoms with Gasteiger partial charge in [0.25, 0.3) is 5.91 Å². The zero-order valence-electron chi connectivity index (χ0n) is 19.1. The predicted molar refractivity (Wildman–Crippen MR) is 118 cm³/mol. The quantitative estimate of drug-likeness (QED) is 0.687. The maximum atomic E-state index is 14.1. The molecule has 0 radical (unpaired) electrons. The van der Waals surface area contributed by atoms with E-state index in [4.69, 9.17) is 0 Å². The maximum Gasteiger partial charge on any atom is 0.256 e. The van der Waals surface area contributed by atoms with Crippen molar-refractivity contribution in [3.05, 3.63) is 35.4 Å². The minimum Gasteiger partial charge on any atom is -0.339 e. The molecule has 2 saturated heterocycles. The van der Waals surface area contributed by atoms with Crippen molar-refractivity contribution in [3.8, 4) is 0 Å². The first-order valence-corrected chi connectivity index (χ1v) is 11.9. The molecular formula is C24H32F2N4O3. The molecular weight excluding hydrogens is 430 g/mol. The van der Waals surface area contributed by atoms with Gasteiger partial charge in [-0.25, -0.2) is 8.78 Å². The lowest BCUT2D eigenvalue weighted by molar-refractivity contribution is -0.144. The van der Waals surface area contributed by atoms with Crippen LogP contribution in [0.4, 0.5) is 8.78 Å². The molecule has 1 unspecified atom stereocenters. The molecule has 1 aliphatic carbocycles. The second kappa shape index (κ2) is 10.2. The van der Waals surface area contributed by atoms with Gasteiger partial charge in [-0.2, -0.15) is 0 Å². The van der Waals surface area contributed by atoms with E-state index in [1.165, 1.54) is 6.07 Å². The first kappa shape index (κ1) is 23.6. The average molecular weight is 463 g/mol. The van der Waals surface area contributed by atoms with Crippen LogP contribution in [-0.4, -0.2) is 95.7 Å². The SMILES string of the molecule is CC(=O)N1CCN(C(=O)C(C2CCCC2)N2CCN(C(=O)c3ccc(F)cc3F)CC2)CC1. The Morgan fingerprint density at radius 2 is 1.42 bits per heavy atom. The number of halogens is 2. The molecule has 7 nitrogen and oxygen atoms in total. The van der Waals surface area contributed by atoms with E-state index < -0.39 is 17.5 Å². The van der Waals surface area contributed by atoms with Crippen LogP contribution >= 0.6 is 0 Å². The molecule has 0 N–H and O–H groups in total. The molecule has 0 bridgehead atoms. The number of nitrogens with zero attached hydrogens (tertiary/aromatic N) is 4. The highest BCUT2D eigenvalue weighted by Crippen LogP contribution is 2.32. The van der Waals surface area contributed by atoms with Crippen molar-refractivity contribution < 1.29 is 23.2 Å². The summed E-state index contributed by atoms with van der Waals surface area (Å²) in [6.07, 6.45) is 4.28. The Balaban J connectivity index is 1.41. The van der Waals surface area contributed by atoms with E-state index >= 15 is 0 Å². The number of hydrogen-bond acceptors (Lipinski definition) is 4. The van der Waals surface area contributed by atoms with Crippen molar-refractivity contribution in [1.82, 2.24) is 19.6 Å². The lowest BCUT2D eigenvalue weighted by atomic mass is 9.94. The molecule has 3 aliphatic rings. The van der Waals surface area contributed by atoms with Gasteiger partial charge in [-0.3, -0.25) is 19.3 Å². The number of hydrogen-bond donors (Lipinski definition) is 0. The summed E-state index contributed by atoms with van der Waals surface area (Å²) in [7, 11) is 0. The zero-order valence-corrected chi connectivity index (χ0v) is 19.1. The molecule has 1 aromatic carbocycles. The molecule has 33 heavy (non-hydrogen) atoms. The highest BCUT2D eigenvalue weighted by Gasteiger charge is 2.40. The van der Waals surface area contributed by atoms with Crippen LogP contribution in [0.2, 0.25) is 0 Å². The van der Waals surface area contributed by atoms with Gasteiger partial charge in [-0.15, -0.1) is 0 Å². The van der Waals surface area contributed by atoms with Gasteiger partial charge in [0, 0.05) is 65.3 Å². The third kappa shape index (κ3) is 5.18. The number of rotatable bonds is 4. The molecule has 9 heteroatoms. The van der Waals surface area contributed by atoms with Gasteiger partial charge in [-0.05, 0) is 30.9 Å². The van der Waals surface area contributed by atoms with Crippen molar-refractivity contribution in [2.45, 2.75) is 38.6 Å². The molecule has 0 spiro atoms. The van der Waals surface area contributed by atoms with Gasteiger partial charge >= 0.3 is 0 Å². The Morgan fingerprint density at radius 1 is 0.848 bits per heavy atom. The highest BCUT2D eigenvalue weighted by molar-refractivity contribution is 5.94. The summed E-state index contributed by atoms with van der Waals surface area (Å²) in [5, 5.41) is 0. The second-order valence-electron chi connectivity index (χ2n) is 9.27. The molecule has 2 heterocycles. The van der Waals surface area contributed by atoms with E-state index in [9.17, 15) is 23.2 Å². The lowest BCUT2D eigenvalue weighted by Gasteiger charge is -2.44. The van der Waals surface area contributed by atoms with Crippen LogP contribution in [0.15, 0.2) is 18.2 Å². The van der Waals surface area contributed by atoms with Crippen LogP contribution in [0.3, 0.4) is 0 Å². The fourth-order valence-electron chi connectivity index (χ4n) is 5.39. The summed E-state index contributed by atoms with van der Waals surface area (Å²) in [6, 6.07) is 2.78. The molecule has 180 valence electrons. The summed E-state index contributed by atoms with van der Waals surface area (Å²) in [6.45, 7) is 5.62. The van der Waals surface area contributed by atoms with E-state index in [1.807, 2.05) is 4.90 Å². The van der Waals surface area contributed by atoms with Gasteiger partial charge in [0.2, 0.25) is 11.8 Å². The Labute approximate surface area is 193 Å². The van der Waals surface area contributed by atoms with Crippen molar-refractivity contribution in [3.63, 3.8) is 0 Å². The fourth-order valence-corrected chi connectivity index (χ4v) is 5.39. The molecule has 3 fully saturated rings. The Bertz CT molecular complexity index is 890. The Kier molecular flexibility index (Phi) is 7.26. The van der Waals surface area contributed by atoms with Crippen molar-refractivity contribution in [1.29, 1.82) is 0 Å². The average Bonchev–Trinajstić information content (AvgIpc) is 3.33. The smallest absolute Gasteiger partial charge is 0.256 e. The van der Waals surface area contributed by atoms with Crippen LogP contribution < -0.4 is 0 Å². The maximum absolute atomic E-state index is 14.1. The fraction of sp³-hybridized carbons (Fsp3) is 0.625. The predicted octanol–water partition coefficient (Wildman–Crippen LogP) is 1.97. The number of piperazine rings is 2. The minimum absolute atomic E-state index is 0.0350. The van der Waals surface area contributed by atoms with E-state index in [0.717, 1.165) is 37.8 Å². The minimum atomic E-state index is -0.855. The van der Waals surface area contributed by atoms with Crippen molar-refractivity contribution >= 4 is 17.7 Å². The van der Waals surface area contributed by atoms with E-state index in [0.29, 0.717) is 58.3 Å². The van der Waals surface area contributed by atoms with Crippen LogP contribution in [-0.2, 0) is 9.59 Å². The van der Waals surface area contributed by atoms with Crippen molar-refractivity contribution in [2.75, 3.05) is 52.4 Å². The monoisotopic (exact) mass is 462 g/mol. The van der Waals surface area contributed by atoms with Gasteiger partial charge < -0.3 is 14.7 Å². The lowest BCUT2D eigenvalue weighted by Crippen LogP contribution is -2.60. The van der Waals surface area contributed by atoms with Crippen molar-refractivity contribution in [2.24, 2.45) is 5.92 Å². The third-order valence-electron chi connectivity index (χ3n) is 7.29. The normalized spacial score (nSPS) is 21.4. The third-order valence-corrected chi connectivity index (χ3v) is 7.29. The van der Waals surface area contributed by atoms with Crippen LogP contribution in [0.1, 0.15) is 43.0 Å². The molecule has 4 rings (SSSR count). The summed E-state index contributed by atoms with van der Waals surface area (Å²) in [5.74, 6) is -1.57. The Morgan fingerprint density at radius 3 is 2.00 bits per heavy atom. The highest BCUT2D eigenvalue weighted by atomic mass is 19.1. The van der Waals surface area contributed by atoms with Crippen LogP contribution in [0.25, 0.3) is 0 Å². The van der Waals surface area contributed by atoms with Gasteiger partial charge in [0.05, 0.1) is 11.6 Å². The number of amides is 3.